The zero-order valence-corrected chi connectivity index (χ0v) is 20.9. The molecule has 2 aromatic carbocycles. The van der Waals surface area contributed by atoms with Crippen LogP contribution in [0.5, 0.6) is 11.5 Å². The molecule has 0 atom stereocenters. The number of nitrogen functional groups attached to an aromatic ring is 1. The minimum atomic E-state index is -0.0624. The van der Waals surface area contributed by atoms with E-state index >= 15 is 0 Å². The van der Waals surface area contributed by atoms with Gasteiger partial charge in [-0.05, 0) is 49.6 Å². The number of rotatable bonds is 5. The van der Waals surface area contributed by atoms with Crippen LogP contribution in [0.1, 0.15) is 25.6 Å². The van der Waals surface area contributed by atoms with E-state index in [9.17, 15) is 4.79 Å². The van der Waals surface area contributed by atoms with E-state index in [0.29, 0.717) is 18.9 Å². The van der Waals surface area contributed by atoms with Gasteiger partial charge in [0.15, 0.2) is 0 Å². The number of nitrogens with two attached hydrogens (primary N) is 1. The van der Waals surface area contributed by atoms with Crippen LogP contribution in [0.15, 0.2) is 60.9 Å². The summed E-state index contributed by atoms with van der Waals surface area (Å²) in [5, 5.41) is 0.778. The highest BCUT2D eigenvalue weighted by Gasteiger charge is 2.29. The molecule has 0 spiro atoms. The molecule has 0 unspecified atom stereocenters. The van der Waals surface area contributed by atoms with Crippen molar-refractivity contribution in [2.24, 2.45) is 5.92 Å². The number of fused-ring (bicyclic) bond motifs is 1. The van der Waals surface area contributed by atoms with Crippen molar-refractivity contribution in [2.45, 2.75) is 19.9 Å². The molecular weight excluding hydrogens is 474 g/mol. The summed E-state index contributed by atoms with van der Waals surface area (Å²) in [6.45, 7) is 5.36. The van der Waals surface area contributed by atoms with E-state index in [1.807, 2.05) is 54.6 Å². The van der Waals surface area contributed by atoms with E-state index in [0.717, 1.165) is 39.4 Å². The number of nitrogens with zero attached hydrogens (tertiary/aromatic N) is 4. The second-order valence-corrected chi connectivity index (χ2v) is 9.25. The first kappa shape index (κ1) is 23.7. The molecule has 5 rings (SSSR count). The quantitative estimate of drug-likeness (QED) is 0.305. The summed E-state index contributed by atoms with van der Waals surface area (Å²) in [6, 6.07) is 17.6. The van der Waals surface area contributed by atoms with E-state index in [-0.39, 0.29) is 23.7 Å². The molecule has 2 N–H and O–H groups in total. The average Bonchev–Trinajstić information content (AvgIpc) is 3.19. The minimum absolute atomic E-state index is 0.00614. The molecule has 0 bridgehead atoms. The summed E-state index contributed by atoms with van der Waals surface area (Å²) in [7, 11) is 0. The Morgan fingerprint density at radius 3 is 2.47 bits per heavy atom. The van der Waals surface area contributed by atoms with Crippen LogP contribution in [0.25, 0.3) is 22.2 Å². The lowest BCUT2D eigenvalue weighted by molar-refractivity contribution is -0.133. The van der Waals surface area contributed by atoms with E-state index in [2.05, 4.69) is 40.2 Å². The van der Waals surface area contributed by atoms with Gasteiger partial charge in [-0.25, -0.2) is 9.97 Å². The van der Waals surface area contributed by atoms with Gasteiger partial charge in [0.25, 0.3) is 0 Å². The van der Waals surface area contributed by atoms with Gasteiger partial charge in [-0.2, -0.15) is 0 Å². The number of hydrogen-bond donors (Lipinski definition) is 1. The van der Waals surface area contributed by atoms with Crippen molar-refractivity contribution >= 4 is 34.4 Å². The number of carbonyl (C=O) groups is 1. The number of amides is 1. The van der Waals surface area contributed by atoms with Gasteiger partial charge in [-0.15, -0.1) is 11.6 Å². The lowest BCUT2D eigenvalue weighted by Crippen LogP contribution is -2.49. The van der Waals surface area contributed by atoms with E-state index in [1.165, 1.54) is 6.33 Å². The van der Waals surface area contributed by atoms with E-state index < -0.39 is 0 Å². The van der Waals surface area contributed by atoms with Gasteiger partial charge >= 0.3 is 0 Å². The Morgan fingerprint density at radius 2 is 1.81 bits per heavy atom. The predicted molar refractivity (Wildman–Crippen MR) is 142 cm³/mol. The third-order valence-corrected chi connectivity index (χ3v) is 6.42. The first-order valence-corrected chi connectivity index (χ1v) is 12.3. The largest absolute Gasteiger partial charge is 0.457 e. The van der Waals surface area contributed by atoms with Gasteiger partial charge in [-0.1, -0.05) is 36.3 Å². The zero-order chi connectivity index (χ0) is 25.2. The minimum Gasteiger partial charge on any atom is -0.457 e. The molecular formula is C28H26ClN5O2. The predicted octanol–water partition coefficient (Wildman–Crippen LogP) is 5.10. The number of carbonyl (C=O) groups excluding carboxylic acids is 1. The van der Waals surface area contributed by atoms with Gasteiger partial charge in [0.2, 0.25) is 5.91 Å². The van der Waals surface area contributed by atoms with E-state index in [1.54, 1.807) is 4.90 Å². The molecule has 2 aromatic heterocycles. The summed E-state index contributed by atoms with van der Waals surface area (Å²) >= 11 is 5.68. The lowest BCUT2D eigenvalue weighted by Gasteiger charge is -2.35. The third-order valence-electron chi connectivity index (χ3n) is 6.19. The Bertz CT molecular complexity index is 1460. The van der Waals surface area contributed by atoms with Crippen molar-refractivity contribution in [3.63, 3.8) is 0 Å². The smallest absolute Gasteiger partial charge is 0.237 e. The number of benzene rings is 2. The molecule has 1 aliphatic rings. The molecule has 1 amide bonds. The number of para-hydroxylation sites is 1. The van der Waals surface area contributed by atoms with Gasteiger partial charge in [-0.3, -0.25) is 4.79 Å². The monoisotopic (exact) mass is 499 g/mol. The van der Waals surface area contributed by atoms with Gasteiger partial charge in [0.05, 0.1) is 11.3 Å². The SMILES string of the molecule is CC(C)n1c(C#CC2CN(C(=O)CCl)C2)c(-c2ccc(Oc3ccccc3)cc2)c2c(N)ncnc21. The number of halogens is 1. The Morgan fingerprint density at radius 1 is 1.11 bits per heavy atom. The van der Waals surface area contributed by atoms with Gasteiger partial charge in [0.1, 0.15) is 40.9 Å². The normalized spacial score (nSPS) is 13.4. The maximum absolute atomic E-state index is 11.8. The molecule has 0 radical (unpaired) electrons. The topological polar surface area (TPSA) is 86.3 Å². The summed E-state index contributed by atoms with van der Waals surface area (Å²) in [6.07, 6.45) is 1.48. The van der Waals surface area contributed by atoms with Crippen LogP contribution < -0.4 is 10.5 Å². The Balaban J connectivity index is 1.56. The van der Waals surface area contributed by atoms with Crippen molar-refractivity contribution in [3.8, 4) is 34.5 Å². The second-order valence-electron chi connectivity index (χ2n) is 8.98. The van der Waals surface area contributed by atoms with Crippen LogP contribution in [0, 0.1) is 17.8 Å². The number of anilines is 1. The fourth-order valence-corrected chi connectivity index (χ4v) is 4.57. The van der Waals surface area contributed by atoms with Gasteiger partial charge in [0, 0.05) is 24.7 Å². The summed E-state index contributed by atoms with van der Waals surface area (Å²) in [5.74, 6) is 8.68. The van der Waals surface area contributed by atoms with Crippen molar-refractivity contribution in [2.75, 3.05) is 24.7 Å². The molecule has 182 valence electrons. The molecule has 4 aromatic rings. The van der Waals surface area contributed by atoms with Crippen molar-refractivity contribution in [1.29, 1.82) is 0 Å². The highest BCUT2D eigenvalue weighted by atomic mass is 35.5. The third kappa shape index (κ3) is 4.48. The Hall–Kier alpha value is -4.02. The summed E-state index contributed by atoms with van der Waals surface area (Å²) < 4.78 is 8.07. The van der Waals surface area contributed by atoms with Gasteiger partial charge < -0.3 is 19.9 Å². The fourth-order valence-electron chi connectivity index (χ4n) is 4.41. The fraction of sp³-hybridized carbons (Fsp3) is 0.250. The molecule has 1 aliphatic heterocycles. The summed E-state index contributed by atoms with van der Waals surface area (Å²) in [4.78, 5) is 22.3. The molecule has 8 heteroatoms. The molecule has 7 nitrogen and oxygen atoms in total. The zero-order valence-electron chi connectivity index (χ0n) is 20.1. The van der Waals surface area contributed by atoms with Crippen LogP contribution in [0.3, 0.4) is 0 Å². The number of hydrogen-bond acceptors (Lipinski definition) is 5. The van der Waals surface area contributed by atoms with Crippen molar-refractivity contribution in [3.05, 3.63) is 66.6 Å². The molecule has 0 saturated carbocycles. The number of ether oxygens (including phenoxy) is 1. The average molecular weight is 500 g/mol. The van der Waals surface area contributed by atoms with Crippen molar-refractivity contribution in [1.82, 2.24) is 19.4 Å². The molecule has 0 aliphatic carbocycles. The standard InChI is InChI=1S/C28H26ClN5O2/c1-18(2)34-23(13-8-19-15-33(16-19)24(35)14-29)25(26-27(30)31-17-32-28(26)34)20-9-11-22(12-10-20)36-21-6-4-3-5-7-21/h3-7,9-12,17-19H,14-16H2,1-2H3,(H2,30,31,32). The lowest BCUT2D eigenvalue weighted by atomic mass is 9.99. The molecule has 3 heterocycles. The van der Waals surface area contributed by atoms with Crippen LogP contribution >= 0.6 is 11.6 Å². The first-order valence-electron chi connectivity index (χ1n) is 11.8. The maximum atomic E-state index is 11.8. The Kier molecular flexibility index (Phi) is 6.53. The molecule has 36 heavy (non-hydrogen) atoms. The van der Waals surface area contributed by atoms with Crippen LogP contribution in [0.4, 0.5) is 5.82 Å². The van der Waals surface area contributed by atoms with Crippen LogP contribution in [-0.4, -0.2) is 44.3 Å². The van der Waals surface area contributed by atoms with Crippen LogP contribution in [-0.2, 0) is 4.79 Å². The van der Waals surface area contributed by atoms with Crippen molar-refractivity contribution < 1.29 is 9.53 Å². The van der Waals surface area contributed by atoms with Crippen LogP contribution in [0.2, 0.25) is 0 Å². The second kappa shape index (κ2) is 9.92. The molecule has 1 saturated heterocycles. The van der Waals surface area contributed by atoms with E-state index in [4.69, 9.17) is 22.1 Å². The highest BCUT2D eigenvalue weighted by molar-refractivity contribution is 6.27. The highest BCUT2D eigenvalue weighted by Crippen LogP contribution is 2.39. The number of likely N-dealkylation sites (tertiary alicyclic amines) is 1. The summed E-state index contributed by atoms with van der Waals surface area (Å²) in [5.41, 5.74) is 9.78. The number of alkyl halides is 1. The molecule has 1 fully saturated rings. The number of aromatic nitrogens is 3. The Labute approximate surface area is 214 Å². The maximum Gasteiger partial charge on any atom is 0.237 e. The first-order chi connectivity index (χ1) is 17.5.